The van der Waals surface area contributed by atoms with Crippen LogP contribution >= 0.6 is 0 Å². The minimum atomic E-state index is -0.683. The lowest BCUT2D eigenvalue weighted by Gasteiger charge is -1.86. The molecule has 11 heavy (non-hydrogen) atoms. The number of ether oxygens (including phenoxy) is 1. The first kappa shape index (κ1) is 5.96. The molecule has 56 valence electrons. The van der Waals surface area contributed by atoms with E-state index in [0.717, 1.165) is 0 Å². The fourth-order valence-corrected chi connectivity index (χ4v) is 0.744. The van der Waals surface area contributed by atoms with Crippen LogP contribution in [-0.4, -0.2) is 29.3 Å². The second kappa shape index (κ2) is 1.84. The maximum absolute atomic E-state index is 10.1. The molecule has 0 bridgehead atoms. The highest BCUT2D eigenvalue weighted by Gasteiger charge is 2.34. The van der Waals surface area contributed by atoms with Gasteiger partial charge in [-0.3, -0.25) is 0 Å². The number of nitro groups is 1. The van der Waals surface area contributed by atoms with Gasteiger partial charge >= 0.3 is 17.7 Å². The van der Waals surface area contributed by atoms with E-state index >= 15 is 0 Å². The molecule has 0 saturated heterocycles. The summed E-state index contributed by atoms with van der Waals surface area (Å²) < 4.78 is 4.78. The Kier molecular flexibility index (Phi) is 0.999. The van der Waals surface area contributed by atoms with Gasteiger partial charge in [0, 0.05) is 0 Å². The fourth-order valence-electron chi connectivity index (χ4n) is 0.744. The van der Waals surface area contributed by atoms with Crippen molar-refractivity contribution in [3.63, 3.8) is 0 Å². The Morgan fingerprint density at radius 3 is 3.00 bits per heavy atom. The third kappa shape index (κ3) is 0.775. The van der Waals surface area contributed by atoms with Crippen molar-refractivity contribution in [3.05, 3.63) is 10.1 Å². The average Bonchev–Trinajstić information content (AvgIpc) is 2.40. The minimum Gasteiger partial charge on any atom is -0.438 e. The van der Waals surface area contributed by atoms with Gasteiger partial charge in [-0.2, -0.15) is 0 Å². The summed E-state index contributed by atoms with van der Waals surface area (Å²) in [4.78, 5) is 20.1. The molecular formula is C4H2N4O3. The number of guanidine groups is 1. The highest BCUT2D eigenvalue weighted by molar-refractivity contribution is 6.44. The zero-order valence-corrected chi connectivity index (χ0v) is 5.22. The minimum absolute atomic E-state index is 0.150. The third-order valence-corrected chi connectivity index (χ3v) is 1.18. The van der Waals surface area contributed by atoms with E-state index in [0.29, 0.717) is 0 Å². The predicted octanol–water partition coefficient (Wildman–Crippen LogP) is -0.583. The van der Waals surface area contributed by atoms with E-state index in [9.17, 15) is 10.1 Å². The van der Waals surface area contributed by atoms with Crippen molar-refractivity contribution in [2.24, 2.45) is 15.0 Å². The van der Waals surface area contributed by atoms with E-state index in [1.54, 1.807) is 0 Å². The number of aliphatic imine (C=N–C) groups is 3. The molecule has 7 heteroatoms. The molecule has 0 radical (unpaired) electrons. The lowest BCUT2D eigenvalue weighted by molar-refractivity contribution is -0.351. The predicted molar refractivity (Wildman–Crippen MR) is 35.3 cm³/mol. The molecule has 0 N–H and O–H groups in total. The second-order valence-electron chi connectivity index (χ2n) is 1.84. The molecule has 0 saturated carbocycles. The lowest BCUT2D eigenvalue weighted by atomic mass is 10.6. The van der Waals surface area contributed by atoms with Crippen LogP contribution < -0.4 is 0 Å². The van der Waals surface area contributed by atoms with Gasteiger partial charge in [-0.05, 0) is 14.9 Å². The van der Waals surface area contributed by atoms with E-state index in [1.165, 1.54) is 0 Å². The van der Waals surface area contributed by atoms with Gasteiger partial charge < -0.3 is 14.9 Å². The Morgan fingerprint density at radius 1 is 1.55 bits per heavy atom. The molecule has 0 atom stereocenters. The summed E-state index contributed by atoms with van der Waals surface area (Å²) in [5.74, 6) is -0.0909. The first-order valence-electron chi connectivity index (χ1n) is 2.77. The molecule has 2 aliphatic rings. The highest BCUT2D eigenvalue weighted by atomic mass is 16.6. The van der Waals surface area contributed by atoms with Gasteiger partial charge in [-0.25, -0.2) is 4.99 Å². The Labute approximate surface area is 60.3 Å². The summed E-state index contributed by atoms with van der Waals surface area (Å²) >= 11 is 0. The topological polar surface area (TPSA) is 89.5 Å². The van der Waals surface area contributed by atoms with Crippen molar-refractivity contribution >= 4 is 17.7 Å². The van der Waals surface area contributed by atoms with Gasteiger partial charge in [0.05, 0.1) is 0 Å². The average molecular weight is 154 g/mol. The second-order valence-corrected chi connectivity index (χ2v) is 1.84. The van der Waals surface area contributed by atoms with Crippen LogP contribution in [0.1, 0.15) is 0 Å². The smallest absolute Gasteiger partial charge is 0.438 e. The lowest BCUT2D eigenvalue weighted by Crippen LogP contribution is -2.06. The van der Waals surface area contributed by atoms with E-state index in [-0.39, 0.29) is 18.5 Å². The zero-order chi connectivity index (χ0) is 7.84. The highest BCUT2D eigenvalue weighted by Crippen LogP contribution is 2.07. The van der Waals surface area contributed by atoms with Crippen LogP contribution in [0.4, 0.5) is 0 Å². The van der Waals surface area contributed by atoms with E-state index in [4.69, 9.17) is 4.74 Å². The van der Waals surface area contributed by atoms with Crippen molar-refractivity contribution in [3.8, 4) is 0 Å². The molecule has 2 rings (SSSR count). The Bertz CT molecular complexity index is 313. The molecule has 0 unspecified atom stereocenters. The van der Waals surface area contributed by atoms with Crippen LogP contribution in [-0.2, 0) is 4.74 Å². The summed E-state index contributed by atoms with van der Waals surface area (Å²) in [6, 6.07) is 0. The summed E-state index contributed by atoms with van der Waals surface area (Å²) in [6.45, 7) is 0.155. The summed E-state index contributed by atoms with van der Waals surface area (Å²) in [7, 11) is 0. The molecule has 0 aromatic heterocycles. The van der Waals surface area contributed by atoms with Crippen LogP contribution in [0.15, 0.2) is 15.0 Å². The van der Waals surface area contributed by atoms with E-state index < -0.39 is 10.9 Å². The molecule has 7 nitrogen and oxygen atoms in total. The van der Waals surface area contributed by atoms with Crippen LogP contribution in [0.3, 0.4) is 0 Å². The van der Waals surface area contributed by atoms with E-state index in [1.807, 2.05) is 0 Å². The Hall–Kier alpha value is -1.79. The van der Waals surface area contributed by atoms with Gasteiger partial charge in [0.2, 0.25) is 0 Å². The summed E-state index contributed by atoms with van der Waals surface area (Å²) in [5, 5.41) is 10.1. The van der Waals surface area contributed by atoms with Crippen LogP contribution in [0.25, 0.3) is 0 Å². The number of nitrogens with zero attached hydrogens (tertiary/aromatic N) is 4. The third-order valence-electron chi connectivity index (χ3n) is 1.18. The van der Waals surface area contributed by atoms with Crippen molar-refractivity contribution in [2.75, 3.05) is 6.73 Å². The van der Waals surface area contributed by atoms with Gasteiger partial charge in [0.15, 0.2) is 6.73 Å². The molecule has 0 aromatic rings. The summed E-state index contributed by atoms with van der Waals surface area (Å²) in [6.07, 6.45) is 0. The maximum atomic E-state index is 10.1. The largest absolute Gasteiger partial charge is 0.474 e. The van der Waals surface area contributed by atoms with Crippen LogP contribution in [0, 0.1) is 10.1 Å². The number of rotatable bonds is 0. The van der Waals surface area contributed by atoms with Crippen LogP contribution in [0.2, 0.25) is 0 Å². The number of hydrogen-bond acceptors (Lipinski definition) is 6. The quantitative estimate of drug-likeness (QED) is 0.345. The van der Waals surface area contributed by atoms with Crippen molar-refractivity contribution in [1.82, 2.24) is 0 Å². The molecule has 0 spiro atoms. The monoisotopic (exact) mass is 154 g/mol. The molecule has 0 aliphatic carbocycles. The molecular weight excluding hydrogens is 152 g/mol. The van der Waals surface area contributed by atoms with Gasteiger partial charge in [0.1, 0.15) is 0 Å². The Morgan fingerprint density at radius 2 is 2.36 bits per heavy atom. The Balaban J connectivity index is 2.38. The first-order chi connectivity index (χ1) is 5.27. The molecule has 0 fully saturated rings. The van der Waals surface area contributed by atoms with Gasteiger partial charge in [0.25, 0.3) is 0 Å². The van der Waals surface area contributed by atoms with Gasteiger partial charge in [-0.15, -0.1) is 0 Å². The number of fused-ring (bicyclic) bond motifs is 1. The van der Waals surface area contributed by atoms with E-state index in [2.05, 4.69) is 15.0 Å². The molecule has 2 heterocycles. The van der Waals surface area contributed by atoms with Crippen LogP contribution in [0.5, 0.6) is 0 Å². The SMILES string of the molecule is O=[N+]([O-])C1=NC2=NCOC2=N1. The first-order valence-corrected chi connectivity index (χ1v) is 2.77. The van der Waals surface area contributed by atoms with Crippen molar-refractivity contribution in [1.29, 1.82) is 0 Å². The molecule has 2 aliphatic heterocycles. The van der Waals surface area contributed by atoms with Gasteiger partial charge in [-0.1, -0.05) is 0 Å². The zero-order valence-electron chi connectivity index (χ0n) is 5.22. The maximum Gasteiger partial charge on any atom is 0.474 e. The normalized spacial score (nSPS) is 19.8. The number of hydrogen-bond donors (Lipinski definition) is 0. The van der Waals surface area contributed by atoms with Crippen molar-refractivity contribution < 1.29 is 9.66 Å². The fraction of sp³-hybridized carbons (Fsp3) is 0.250. The standard InChI is InChI=1S/C4H2N4O3/c9-8(10)4-6-2-3(7-4)11-1-5-2/h1H2. The van der Waals surface area contributed by atoms with Crippen molar-refractivity contribution in [2.45, 2.75) is 0 Å². The molecule has 0 amide bonds. The number of amidine groups is 1. The summed E-state index contributed by atoms with van der Waals surface area (Å²) in [5.41, 5.74) is 0. The molecule has 0 aromatic carbocycles.